The third kappa shape index (κ3) is 2.16. The molecule has 1 aromatic rings. The van der Waals surface area contributed by atoms with Crippen molar-refractivity contribution in [1.29, 1.82) is 0 Å². The number of hydrogen-bond acceptors (Lipinski definition) is 0. The van der Waals surface area contributed by atoms with E-state index in [0.717, 1.165) is 12.0 Å². The molecule has 0 aromatic heterocycles. The lowest BCUT2D eigenvalue weighted by molar-refractivity contribution is 0.610. The molecule has 0 N–H and O–H groups in total. The van der Waals surface area contributed by atoms with Crippen molar-refractivity contribution >= 4 is 11.6 Å². The lowest BCUT2D eigenvalue weighted by Gasteiger charge is -2.15. The second kappa shape index (κ2) is 4.61. The molecule has 2 heteroatoms. The Kier molecular flexibility index (Phi) is 3.70. The Bertz CT molecular complexity index is 344. The standard InChI is InChI=1S/C12H14ClF/c1-4-5-8(2)12-9(3)11(14)7-6-10(12)13/h4,6-8H,1,5H2,2-3H3. The zero-order valence-electron chi connectivity index (χ0n) is 8.48. The molecule has 0 saturated carbocycles. The van der Waals surface area contributed by atoms with Crippen LogP contribution in [0.2, 0.25) is 5.02 Å². The molecular formula is C12H14ClF. The number of halogens is 2. The molecule has 0 nitrogen and oxygen atoms in total. The number of rotatable bonds is 3. The molecule has 76 valence electrons. The van der Waals surface area contributed by atoms with Crippen LogP contribution in [-0.2, 0) is 0 Å². The monoisotopic (exact) mass is 212 g/mol. The van der Waals surface area contributed by atoms with Crippen LogP contribution in [-0.4, -0.2) is 0 Å². The van der Waals surface area contributed by atoms with Gasteiger partial charge in [0.1, 0.15) is 5.82 Å². The summed E-state index contributed by atoms with van der Waals surface area (Å²) in [6.45, 7) is 7.45. The average Bonchev–Trinajstić information content (AvgIpc) is 2.13. The molecule has 0 aliphatic carbocycles. The summed E-state index contributed by atoms with van der Waals surface area (Å²) in [4.78, 5) is 0. The fraction of sp³-hybridized carbons (Fsp3) is 0.333. The summed E-state index contributed by atoms with van der Waals surface area (Å²) in [5, 5.41) is 0.637. The molecule has 0 aliphatic rings. The molecule has 0 bridgehead atoms. The van der Waals surface area contributed by atoms with Crippen LogP contribution in [0.15, 0.2) is 24.8 Å². The Morgan fingerprint density at radius 1 is 1.57 bits per heavy atom. The minimum atomic E-state index is -0.194. The van der Waals surface area contributed by atoms with E-state index in [1.54, 1.807) is 13.0 Å². The van der Waals surface area contributed by atoms with Gasteiger partial charge in [0.05, 0.1) is 0 Å². The molecule has 1 rings (SSSR count). The minimum absolute atomic E-state index is 0.194. The summed E-state index contributed by atoms with van der Waals surface area (Å²) in [6.07, 6.45) is 2.63. The van der Waals surface area contributed by atoms with E-state index in [1.807, 2.05) is 13.0 Å². The lowest BCUT2D eigenvalue weighted by atomic mass is 9.93. The van der Waals surface area contributed by atoms with Crippen molar-refractivity contribution in [2.45, 2.75) is 26.2 Å². The summed E-state index contributed by atoms with van der Waals surface area (Å²) < 4.78 is 13.3. The van der Waals surface area contributed by atoms with E-state index in [2.05, 4.69) is 6.58 Å². The molecule has 0 spiro atoms. The molecule has 0 aliphatic heterocycles. The van der Waals surface area contributed by atoms with Crippen molar-refractivity contribution < 1.29 is 4.39 Å². The SMILES string of the molecule is C=CCC(C)c1c(Cl)ccc(F)c1C. The van der Waals surface area contributed by atoms with Gasteiger partial charge in [-0.05, 0) is 42.5 Å². The van der Waals surface area contributed by atoms with Crippen molar-refractivity contribution in [3.05, 3.63) is 46.8 Å². The first-order chi connectivity index (χ1) is 6.57. The number of benzene rings is 1. The highest BCUT2D eigenvalue weighted by molar-refractivity contribution is 6.31. The molecule has 0 heterocycles. The van der Waals surface area contributed by atoms with Crippen molar-refractivity contribution in [3.63, 3.8) is 0 Å². The number of hydrogen-bond donors (Lipinski definition) is 0. The van der Waals surface area contributed by atoms with Crippen LogP contribution in [0.4, 0.5) is 4.39 Å². The van der Waals surface area contributed by atoms with Gasteiger partial charge in [-0.25, -0.2) is 4.39 Å². The van der Waals surface area contributed by atoms with Crippen molar-refractivity contribution in [3.8, 4) is 0 Å². The van der Waals surface area contributed by atoms with Crippen LogP contribution in [0.1, 0.15) is 30.4 Å². The third-order valence-corrected chi connectivity index (χ3v) is 2.74. The zero-order valence-corrected chi connectivity index (χ0v) is 9.24. The van der Waals surface area contributed by atoms with Crippen molar-refractivity contribution in [2.75, 3.05) is 0 Å². The predicted octanol–water partition coefficient (Wildman–Crippen LogP) is 4.47. The first-order valence-corrected chi connectivity index (χ1v) is 5.01. The highest BCUT2D eigenvalue weighted by Crippen LogP contribution is 2.31. The Morgan fingerprint density at radius 3 is 2.79 bits per heavy atom. The first-order valence-electron chi connectivity index (χ1n) is 4.63. The Balaban J connectivity index is 3.17. The van der Waals surface area contributed by atoms with Gasteiger partial charge in [0.25, 0.3) is 0 Å². The smallest absolute Gasteiger partial charge is 0.126 e. The Hall–Kier alpha value is -0.820. The van der Waals surface area contributed by atoms with Crippen molar-refractivity contribution in [1.82, 2.24) is 0 Å². The molecule has 0 fully saturated rings. The van der Waals surface area contributed by atoms with E-state index in [4.69, 9.17) is 11.6 Å². The second-order valence-corrected chi connectivity index (χ2v) is 3.90. The van der Waals surface area contributed by atoms with Crippen LogP contribution in [0.25, 0.3) is 0 Å². The van der Waals surface area contributed by atoms with Crippen LogP contribution >= 0.6 is 11.6 Å². The maximum absolute atomic E-state index is 13.3. The highest BCUT2D eigenvalue weighted by atomic mass is 35.5. The van der Waals surface area contributed by atoms with E-state index >= 15 is 0 Å². The van der Waals surface area contributed by atoms with Gasteiger partial charge in [0.15, 0.2) is 0 Å². The van der Waals surface area contributed by atoms with Gasteiger partial charge in [0, 0.05) is 5.02 Å². The Labute approximate surface area is 89.4 Å². The quantitative estimate of drug-likeness (QED) is 0.649. The maximum Gasteiger partial charge on any atom is 0.126 e. The summed E-state index contributed by atoms with van der Waals surface area (Å²) in [6, 6.07) is 3.01. The van der Waals surface area contributed by atoms with Gasteiger partial charge in [-0.1, -0.05) is 24.6 Å². The van der Waals surface area contributed by atoms with Crippen molar-refractivity contribution in [2.24, 2.45) is 0 Å². The summed E-state index contributed by atoms with van der Waals surface area (Å²) in [7, 11) is 0. The van der Waals surface area contributed by atoms with Gasteiger partial charge in [-0.3, -0.25) is 0 Å². The number of allylic oxidation sites excluding steroid dienone is 1. The summed E-state index contributed by atoms with van der Waals surface area (Å²) in [5.74, 6) is 0.0241. The van der Waals surface area contributed by atoms with Gasteiger partial charge in [-0.2, -0.15) is 0 Å². The fourth-order valence-electron chi connectivity index (χ4n) is 1.64. The third-order valence-electron chi connectivity index (χ3n) is 2.41. The highest BCUT2D eigenvalue weighted by Gasteiger charge is 2.13. The normalized spacial score (nSPS) is 12.6. The van der Waals surface area contributed by atoms with E-state index in [9.17, 15) is 4.39 Å². The molecule has 14 heavy (non-hydrogen) atoms. The largest absolute Gasteiger partial charge is 0.207 e. The van der Waals surface area contributed by atoms with Gasteiger partial charge >= 0.3 is 0 Å². The van der Waals surface area contributed by atoms with Gasteiger partial charge < -0.3 is 0 Å². The van der Waals surface area contributed by atoms with Crippen LogP contribution in [0.5, 0.6) is 0 Å². The molecule has 1 atom stereocenters. The molecule has 0 radical (unpaired) electrons. The zero-order chi connectivity index (χ0) is 10.7. The van der Waals surface area contributed by atoms with Crippen LogP contribution in [0, 0.1) is 12.7 Å². The average molecular weight is 213 g/mol. The minimum Gasteiger partial charge on any atom is -0.207 e. The predicted molar refractivity (Wildman–Crippen MR) is 59.4 cm³/mol. The molecule has 1 aromatic carbocycles. The topological polar surface area (TPSA) is 0 Å². The molecule has 0 saturated heterocycles. The first kappa shape index (κ1) is 11.3. The summed E-state index contributed by atoms with van der Waals surface area (Å²) >= 11 is 6.03. The lowest BCUT2D eigenvalue weighted by Crippen LogP contribution is -1.99. The maximum atomic E-state index is 13.3. The van der Waals surface area contributed by atoms with Gasteiger partial charge in [-0.15, -0.1) is 6.58 Å². The van der Waals surface area contributed by atoms with Gasteiger partial charge in [0.2, 0.25) is 0 Å². The molecule has 0 amide bonds. The second-order valence-electron chi connectivity index (χ2n) is 3.49. The summed E-state index contributed by atoms with van der Waals surface area (Å²) in [5.41, 5.74) is 1.54. The van der Waals surface area contributed by atoms with E-state index in [0.29, 0.717) is 10.6 Å². The van der Waals surface area contributed by atoms with Crippen LogP contribution < -0.4 is 0 Å². The Morgan fingerprint density at radius 2 is 2.21 bits per heavy atom. The van der Waals surface area contributed by atoms with Crippen LogP contribution in [0.3, 0.4) is 0 Å². The van der Waals surface area contributed by atoms with E-state index in [1.165, 1.54) is 6.07 Å². The fourth-order valence-corrected chi connectivity index (χ4v) is 2.03. The van der Waals surface area contributed by atoms with E-state index < -0.39 is 0 Å². The van der Waals surface area contributed by atoms with E-state index in [-0.39, 0.29) is 11.7 Å². The molecular weight excluding hydrogens is 199 g/mol. The molecule has 1 unspecified atom stereocenters.